The van der Waals surface area contributed by atoms with Crippen LogP contribution in [0.5, 0.6) is 0 Å². The van der Waals surface area contributed by atoms with Crippen LogP contribution in [0.1, 0.15) is 51.2 Å². The monoisotopic (exact) mass is 360 g/mol. The number of hydrogen-bond donors (Lipinski definition) is 2. The molecule has 2 N–H and O–H groups in total. The second-order valence-electron chi connectivity index (χ2n) is 7.76. The standard InChI is InChI=1S/C21H32N2O3/c1-4-23(14-21(25)26)19-12-18(13-19)22-20(24)10-9-16-5-7-17(8-6-16)11-15(2)3/h5-8,15,18-19H,4,9-14H2,1-3H3,(H,22,24)(H,25,26). The lowest BCUT2D eigenvalue weighted by Gasteiger charge is -2.42. The number of carbonyl (C=O) groups is 2. The Morgan fingerprint density at radius 1 is 1.19 bits per heavy atom. The van der Waals surface area contributed by atoms with Crippen LogP contribution in [0.3, 0.4) is 0 Å². The maximum Gasteiger partial charge on any atom is 0.317 e. The third kappa shape index (κ3) is 6.45. The van der Waals surface area contributed by atoms with Crippen molar-refractivity contribution in [3.8, 4) is 0 Å². The van der Waals surface area contributed by atoms with Crippen molar-refractivity contribution >= 4 is 11.9 Å². The van der Waals surface area contributed by atoms with Crippen LogP contribution in [0, 0.1) is 5.92 Å². The van der Waals surface area contributed by atoms with Crippen LogP contribution in [-0.4, -0.2) is 47.1 Å². The van der Waals surface area contributed by atoms with Gasteiger partial charge in [-0.05, 0) is 49.3 Å². The molecule has 0 unspecified atom stereocenters. The van der Waals surface area contributed by atoms with Crippen LogP contribution in [0.4, 0.5) is 0 Å². The van der Waals surface area contributed by atoms with Gasteiger partial charge in [0.15, 0.2) is 0 Å². The van der Waals surface area contributed by atoms with Gasteiger partial charge in [-0.25, -0.2) is 0 Å². The maximum atomic E-state index is 12.1. The number of carboxylic acid groups (broad SMARTS) is 1. The van der Waals surface area contributed by atoms with Crippen LogP contribution < -0.4 is 5.32 Å². The number of aliphatic carboxylic acids is 1. The van der Waals surface area contributed by atoms with Crippen LogP contribution in [-0.2, 0) is 22.4 Å². The predicted molar refractivity (Wildman–Crippen MR) is 103 cm³/mol. The zero-order valence-corrected chi connectivity index (χ0v) is 16.2. The lowest BCUT2D eigenvalue weighted by Crippen LogP contribution is -2.54. The highest BCUT2D eigenvalue weighted by atomic mass is 16.4. The second kappa shape index (κ2) is 9.72. The highest BCUT2D eigenvalue weighted by Crippen LogP contribution is 2.25. The number of amides is 1. The van der Waals surface area contributed by atoms with Crippen molar-refractivity contribution in [1.82, 2.24) is 10.2 Å². The van der Waals surface area contributed by atoms with Gasteiger partial charge in [-0.2, -0.15) is 0 Å². The molecule has 0 saturated heterocycles. The second-order valence-corrected chi connectivity index (χ2v) is 7.76. The molecule has 1 amide bonds. The van der Waals surface area contributed by atoms with Crippen LogP contribution >= 0.6 is 0 Å². The topological polar surface area (TPSA) is 69.6 Å². The molecular formula is C21H32N2O3. The highest BCUT2D eigenvalue weighted by molar-refractivity contribution is 5.76. The molecule has 1 aliphatic rings. The number of aryl methyl sites for hydroxylation is 1. The van der Waals surface area contributed by atoms with Crippen molar-refractivity contribution in [1.29, 1.82) is 0 Å². The van der Waals surface area contributed by atoms with E-state index in [0.717, 1.165) is 32.2 Å². The summed E-state index contributed by atoms with van der Waals surface area (Å²) in [5.74, 6) is -0.0585. The van der Waals surface area contributed by atoms with E-state index in [2.05, 4.69) is 43.4 Å². The van der Waals surface area contributed by atoms with Crippen molar-refractivity contribution in [2.45, 2.75) is 65.0 Å². The van der Waals surface area contributed by atoms with Gasteiger partial charge in [0.05, 0.1) is 6.54 Å². The molecule has 0 radical (unpaired) electrons. The number of carboxylic acids is 1. The summed E-state index contributed by atoms with van der Waals surface area (Å²) in [6.45, 7) is 7.20. The minimum absolute atomic E-state index is 0.0780. The lowest BCUT2D eigenvalue weighted by atomic mass is 9.85. The molecule has 1 aromatic rings. The molecule has 144 valence electrons. The molecule has 2 rings (SSSR count). The zero-order chi connectivity index (χ0) is 19.1. The number of benzene rings is 1. The van der Waals surface area contributed by atoms with Gasteiger partial charge in [0.25, 0.3) is 0 Å². The first-order valence-corrected chi connectivity index (χ1v) is 9.70. The number of likely N-dealkylation sites (N-methyl/N-ethyl adjacent to an activating group) is 1. The van der Waals surface area contributed by atoms with E-state index in [9.17, 15) is 9.59 Å². The van der Waals surface area contributed by atoms with Gasteiger partial charge in [-0.3, -0.25) is 14.5 Å². The number of rotatable bonds is 10. The Labute approximate surface area is 156 Å². The van der Waals surface area contributed by atoms with E-state index in [-0.39, 0.29) is 24.5 Å². The van der Waals surface area contributed by atoms with Gasteiger partial charge in [0.2, 0.25) is 5.91 Å². The van der Waals surface area contributed by atoms with Crippen LogP contribution in [0.15, 0.2) is 24.3 Å². The Morgan fingerprint density at radius 3 is 2.35 bits per heavy atom. The highest BCUT2D eigenvalue weighted by Gasteiger charge is 2.34. The molecule has 0 heterocycles. The van der Waals surface area contributed by atoms with Crippen molar-refractivity contribution in [3.05, 3.63) is 35.4 Å². The van der Waals surface area contributed by atoms with E-state index < -0.39 is 5.97 Å². The molecule has 0 aromatic heterocycles. The summed E-state index contributed by atoms with van der Waals surface area (Å²) in [7, 11) is 0. The Morgan fingerprint density at radius 2 is 1.81 bits per heavy atom. The van der Waals surface area contributed by atoms with Gasteiger partial charge in [0, 0.05) is 18.5 Å². The smallest absolute Gasteiger partial charge is 0.317 e. The molecule has 0 bridgehead atoms. The third-order valence-corrected chi connectivity index (χ3v) is 5.05. The van der Waals surface area contributed by atoms with Gasteiger partial charge in [-0.1, -0.05) is 45.0 Å². The molecular weight excluding hydrogens is 328 g/mol. The van der Waals surface area contributed by atoms with Gasteiger partial charge < -0.3 is 10.4 Å². The molecule has 0 spiro atoms. The number of hydrogen-bond acceptors (Lipinski definition) is 3. The number of nitrogens with zero attached hydrogens (tertiary/aromatic N) is 1. The van der Waals surface area contributed by atoms with E-state index in [1.807, 2.05) is 11.8 Å². The molecule has 5 nitrogen and oxygen atoms in total. The summed E-state index contributed by atoms with van der Waals surface area (Å²) in [5.41, 5.74) is 2.54. The van der Waals surface area contributed by atoms with E-state index in [1.54, 1.807) is 0 Å². The molecule has 5 heteroatoms. The van der Waals surface area contributed by atoms with Gasteiger partial charge in [-0.15, -0.1) is 0 Å². The fraction of sp³-hybridized carbons (Fsp3) is 0.619. The summed E-state index contributed by atoms with van der Waals surface area (Å²) >= 11 is 0. The Hall–Kier alpha value is -1.88. The average molecular weight is 360 g/mol. The van der Waals surface area contributed by atoms with Crippen LogP contribution in [0.2, 0.25) is 0 Å². The first kappa shape index (κ1) is 20.4. The molecule has 26 heavy (non-hydrogen) atoms. The van der Waals surface area contributed by atoms with E-state index in [0.29, 0.717) is 12.3 Å². The molecule has 1 aromatic carbocycles. The maximum absolute atomic E-state index is 12.1. The number of nitrogens with one attached hydrogen (secondary N) is 1. The summed E-state index contributed by atoms with van der Waals surface area (Å²) < 4.78 is 0. The van der Waals surface area contributed by atoms with E-state index >= 15 is 0 Å². The largest absolute Gasteiger partial charge is 0.480 e. The van der Waals surface area contributed by atoms with E-state index in [1.165, 1.54) is 11.1 Å². The minimum atomic E-state index is -0.793. The molecule has 1 aliphatic carbocycles. The number of carbonyl (C=O) groups excluding carboxylic acids is 1. The zero-order valence-electron chi connectivity index (χ0n) is 16.2. The molecule has 0 aliphatic heterocycles. The molecule has 1 fully saturated rings. The third-order valence-electron chi connectivity index (χ3n) is 5.05. The Kier molecular flexibility index (Phi) is 7.64. The van der Waals surface area contributed by atoms with Gasteiger partial charge in [0.1, 0.15) is 0 Å². The minimum Gasteiger partial charge on any atom is -0.480 e. The summed E-state index contributed by atoms with van der Waals surface area (Å²) in [6.07, 6.45) is 4.02. The normalized spacial score (nSPS) is 19.4. The Bertz CT molecular complexity index is 592. The summed E-state index contributed by atoms with van der Waals surface area (Å²) in [5, 5.41) is 12.0. The summed E-state index contributed by atoms with van der Waals surface area (Å²) in [4.78, 5) is 25.0. The lowest BCUT2D eigenvalue weighted by molar-refractivity contribution is -0.139. The first-order chi connectivity index (χ1) is 12.4. The van der Waals surface area contributed by atoms with Crippen molar-refractivity contribution in [3.63, 3.8) is 0 Å². The average Bonchev–Trinajstić information content (AvgIpc) is 2.54. The fourth-order valence-electron chi connectivity index (χ4n) is 3.55. The van der Waals surface area contributed by atoms with Crippen molar-refractivity contribution in [2.75, 3.05) is 13.1 Å². The quantitative estimate of drug-likeness (QED) is 0.673. The van der Waals surface area contributed by atoms with Crippen molar-refractivity contribution in [2.24, 2.45) is 5.92 Å². The fourth-order valence-corrected chi connectivity index (χ4v) is 3.55. The Balaban J connectivity index is 1.68. The first-order valence-electron chi connectivity index (χ1n) is 9.70. The van der Waals surface area contributed by atoms with Crippen molar-refractivity contribution < 1.29 is 14.7 Å². The molecule has 1 saturated carbocycles. The van der Waals surface area contributed by atoms with Crippen LogP contribution in [0.25, 0.3) is 0 Å². The van der Waals surface area contributed by atoms with Gasteiger partial charge >= 0.3 is 5.97 Å². The predicted octanol–water partition coefficient (Wildman–Crippen LogP) is 2.87. The van der Waals surface area contributed by atoms with E-state index in [4.69, 9.17) is 5.11 Å². The SMILES string of the molecule is CCN(CC(=O)O)C1CC(NC(=O)CCc2ccc(CC(C)C)cc2)C1. The summed E-state index contributed by atoms with van der Waals surface area (Å²) in [6, 6.07) is 9.01. The molecule has 0 atom stereocenters.